The number of rotatable bonds is 3. The highest BCUT2D eigenvalue weighted by Crippen LogP contribution is 2.23. The van der Waals surface area contributed by atoms with Crippen molar-refractivity contribution < 1.29 is 8.78 Å². The molecule has 0 fully saturated rings. The van der Waals surface area contributed by atoms with Gasteiger partial charge in [-0.3, -0.25) is 0 Å². The Balaban J connectivity index is 1.95. The number of nitrogen functional groups attached to an aromatic ring is 1. The molecule has 2 N–H and O–H groups in total. The first-order valence-electron chi connectivity index (χ1n) is 6.40. The van der Waals surface area contributed by atoms with Gasteiger partial charge in [0, 0.05) is 11.6 Å². The molecule has 0 aliphatic heterocycles. The Kier molecular flexibility index (Phi) is 3.51. The number of aryl methyl sites for hydroxylation is 2. The van der Waals surface area contributed by atoms with Crippen LogP contribution >= 0.6 is 11.6 Å². The summed E-state index contributed by atoms with van der Waals surface area (Å²) in [6.45, 7) is 0.407. The fourth-order valence-electron chi connectivity index (χ4n) is 2.29. The van der Waals surface area contributed by atoms with Gasteiger partial charge in [-0.25, -0.2) is 13.8 Å². The number of benzene rings is 2. The molecule has 1 aromatic heterocycles. The predicted octanol–water partition coefficient (Wildman–Crippen LogP) is 3.79. The van der Waals surface area contributed by atoms with Crippen LogP contribution in [-0.2, 0) is 13.0 Å². The summed E-state index contributed by atoms with van der Waals surface area (Å²) in [4.78, 5) is 4.05. The van der Waals surface area contributed by atoms with Crippen LogP contribution in [-0.4, -0.2) is 9.55 Å². The molecule has 3 aromatic rings. The van der Waals surface area contributed by atoms with Crippen molar-refractivity contribution in [1.82, 2.24) is 9.55 Å². The standard InChI is InChI=1S/C15H12ClF2N3/c16-10-3-1-9(2-4-10)7-8-21-14-12(20-15(21)19)6-5-11(17)13(14)18/h1-6H,7-8H2,(H2,19,20). The van der Waals surface area contributed by atoms with Gasteiger partial charge in [-0.1, -0.05) is 23.7 Å². The maximum atomic E-state index is 13.9. The van der Waals surface area contributed by atoms with Crippen molar-refractivity contribution in [2.24, 2.45) is 0 Å². The summed E-state index contributed by atoms with van der Waals surface area (Å²) < 4.78 is 28.8. The highest BCUT2D eigenvalue weighted by Gasteiger charge is 2.15. The molecule has 0 bridgehead atoms. The summed E-state index contributed by atoms with van der Waals surface area (Å²) in [5.74, 6) is -1.66. The third-order valence-corrected chi connectivity index (χ3v) is 3.62. The largest absolute Gasteiger partial charge is 0.369 e. The minimum absolute atomic E-state index is 0.0986. The molecule has 0 unspecified atom stereocenters. The van der Waals surface area contributed by atoms with Crippen LogP contribution in [0.5, 0.6) is 0 Å². The lowest BCUT2D eigenvalue weighted by Gasteiger charge is -2.07. The second-order valence-electron chi connectivity index (χ2n) is 4.73. The van der Waals surface area contributed by atoms with Gasteiger partial charge in [0.1, 0.15) is 5.52 Å². The maximum absolute atomic E-state index is 13.9. The zero-order valence-electron chi connectivity index (χ0n) is 11.0. The van der Waals surface area contributed by atoms with Gasteiger partial charge >= 0.3 is 0 Å². The van der Waals surface area contributed by atoms with E-state index in [1.165, 1.54) is 10.6 Å². The van der Waals surface area contributed by atoms with Crippen LogP contribution in [0, 0.1) is 11.6 Å². The number of fused-ring (bicyclic) bond motifs is 1. The molecule has 21 heavy (non-hydrogen) atoms. The van der Waals surface area contributed by atoms with E-state index < -0.39 is 11.6 Å². The normalized spacial score (nSPS) is 11.2. The molecule has 0 atom stereocenters. The van der Waals surface area contributed by atoms with Crippen LogP contribution in [0.2, 0.25) is 5.02 Å². The number of anilines is 1. The first kappa shape index (κ1) is 13.8. The average Bonchev–Trinajstić information content (AvgIpc) is 2.79. The Morgan fingerprint density at radius 3 is 2.52 bits per heavy atom. The van der Waals surface area contributed by atoms with E-state index in [0.29, 0.717) is 23.5 Å². The fraction of sp³-hybridized carbons (Fsp3) is 0.133. The zero-order chi connectivity index (χ0) is 15.0. The zero-order valence-corrected chi connectivity index (χ0v) is 11.7. The molecule has 0 saturated heterocycles. The summed E-state index contributed by atoms with van der Waals surface area (Å²) in [6.07, 6.45) is 0.614. The van der Waals surface area contributed by atoms with Crippen molar-refractivity contribution in [3.05, 3.63) is 58.6 Å². The number of nitrogens with zero attached hydrogens (tertiary/aromatic N) is 2. The summed E-state index contributed by atoms with van der Waals surface area (Å²) >= 11 is 5.83. The van der Waals surface area contributed by atoms with Gasteiger partial charge in [-0.2, -0.15) is 0 Å². The Bertz CT molecular complexity index is 797. The van der Waals surface area contributed by atoms with Crippen molar-refractivity contribution in [3.63, 3.8) is 0 Å². The van der Waals surface area contributed by atoms with Crippen molar-refractivity contribution in [1.29, 1.82) is 0 Å². The molecule has 6 heteroatoms. The lowest BCUT2D eigenvalue weighted by Crippen LogP contribution is -2.07. The van der Waals surface area contributed by atoms with Gasteiger partial charge in [-0.05, 0) is 36.2 Å². The van der Waals surface area contributed by atoms with Gasteiger partial charge in [0.05, 0.1) is 5.52 Å². The fourth-order valence-corrected chi connectivity index (χ4v) is 2.42. The van der Waals surface area contributed by atoms with E-state index in [4.69, 9.17) is 17.3 Å². The summed E-state index contributed by atoms with van der Waals surface area (Å²) in [5.41, 5.74) is 7.28. The van der Waals surface area contributed by atoms with Crippen molar-refractivity contribution in [2.75, 3.05) is 5.73 Å². The molecule has 0 radical (unpaired) electrons. The highest BCUT2D eigenvalue weighted by atomic mass is 35.5. The smallest absolute Gasteiger partial charge is 0.201 e. The van der Waals surface area contributed by atoms with E-state index in [1.807, 2.05) is 12.1 Å². The molecular formula is C15H12ClF2N3. The van der Waals surface area contributed by atoms with Crippen molar-refractivity contribution in [2.45, 2.75) is 13.0 Å². The van der Waals surface area contributed by atoms with Crippen molar-refractivity contribution >= 4 is 28.6 Å². The Labute approximate surface area is 125 Å². The van der Waals surface area contributed by atoms with Crippen LogP contribution in [0.3, 0.4) is 0 Å². The Hall–Kier alpha value is -2.14. The van der Waals surface area contributed by atoms with Crippen LogP contribution in [0.1, 0.15) is 5.56 Å². The number of imidazole rings is 1. The molecule has 0 saturated carbocycles. The van der Waals surface area contributed by atoms with Crippen LogP contribution in [0.25, 0.3) is 11.0 Å². The van der Waals surface area contributed by atoms with Gasteiger partial charge in [0.15, 0.2) is 11.6 Å². The number of aromatic nitrogens is 2. The van der Waals surface area contributed by atoms with Crippen LogP contribution in [0.15, 0.2) is 36.4 Å². The monoisotopic (exact) mass is 307 g/mol. The van der Waals surface area contributed by atoms with Crippen LogP contribution < -0.4 is 5.73 Å². The van der Waals surface area contributed by atoms with Gasteiger partial charge in [-0.15, -0.1) is 0 Å². The second kappa shape index (κ2) is 5.33. The van der Waals surface area contributed by atoms with Gasteiger partial charge in [0.25, 0.3) is 0 Å². The maximum Gasteiger partial charge on any atom is 0.201 e. The molecule has 0 amide bonds. The molecule has 1 heterocycles. The Morgan fingerprint density at radius 1 is 1.10 bits per heavy atom. The Morgan fingerprint density at radius 2 is 1.81 bits per heavy atom. The molecule has 0 spiro atoms. The SMILES string of the molecule is Nc1nc2ccc(F)c(F)c2n1CCc1ccc(Cl)cc1. The summed E-state index contributed by atoms with van der Waals surface area (Å²) in [7, 11) is 0. The van der Waals surface area contributed by atoms with Crippen molar-refractivity contribution in [3.8, 4) is 0 Å². The number of halogens is 3. The average molecular weight is 308 g/mol. The lowest BCUT2D eigenvalue weighted by atomic mass is 10.1. The molecule has 3 nitrogen and oxygen atoms in total. The van der Waals surface area contributed by atoms with Gasteiger partial charge in [0.2, 0.25) is 5.95 Å². The number of hydrogen-bond acceptors (Lipinski definition) is 2. The van der Waals surface area contributed by atoms with E-state index in [0.717, 1.165) is 11.6 Å². The van der Waals surface area contributed by atoms with E-state index in [9.17, 15) is 8.78 Å². The topological polar surface area (TPSA) is 43.8 Å². The first-order chi connectivity index (χ1) is 10.1. The van der Waals surface area contributed by atoms with E-state index >= 15 is 0 Å². The van der Waals surface area contributed by atoms with E-state index in [1.54, 1.807) is 12.1 Å². The molecule has 0 aliphatic rings. The molecule has 108 valence electrons. The van der Waals surface area contributed by atoms with Gasteiger partial charge < -0.3 is 10.3 Å². The quantitative estimate of drug-likeness (QED) is 0.800. The third kappa shape index (κ3) is 2.56. The predicted molar refractivity (Wildman–Crippen MR) is 79.2 cm³/mol. The first-order valence-corrected chi connectivity index (χ1v) is 6.78. The lowest BCUT2D eigenvalue weighted by molar-refractivity contribution is 0.511. The number of nitrogens with two attached hydrogens (primary N) is 1. The minimum atomic E-state index is -0.923. The summed E-state index contributed by atoms with van der Waals surface area (Å²) in [5, 5.41) is 0.652. The molecule has 2 aromatic carbocycles. The third-order valence-electron chi connectivity index (χ3n) is 3.37. The second-order valence-corrected chi connectivity index (χ2v) is 5.16. The van der Waals surface area contributed by atoms with E-state index in [-0.39, 0.29) is 11.5 Å². The van der Waals surface area contributed by atoms with E-state index in [2.05, 4.69) is 4.98 Å². The highest BCUT2D eigenvalue weighted by molar-refractivity contribution is 6.30. The molecule has 0 aliphatic carbocycles. The minimum Gasteiger partial charge on any atom is -0.369 e. The molecule has 3 rings (SSSR count). The van der Waals surface area contributed by atoms with Crippen LogP contribution in [0.4, 0.5) is 14.7 Å². The number of hydrogen-bond donors (Lipinski definition) is 1. The molecular weight excluding hydrogens is 296 g/mol. The summed E-state index contributed by atoms with van der Waals surface area (Å²) in [6, 6.07) is 9.80.